The molecule has 1 aromatic rings. The van der Waals surface area contributed by atoms with Gasteiger partial charge >= 0.3 is 57.4 Å². The predicted octanol–water partition coefficient (Wildman–Crippen LogP) is 2.12. The number of rotatable bonds is 3. The van der Waals surface area contributed by atoms with Crippen LogP contribution in [0.3, 0.4) is 0 Å². The molecule has 0 N–H and O–H groups in total. The number of carbonyl (C=O) groups excluding carboxylic acids is 1. The van der Waals surface area contributed by atoms with Crippen molar-refractivity contribution in [3.05, 3.63) is 49.2 Å². The Kier molecular flexibility index (Phi) is 14.0. The first-order valence-electron chi connectivity index (χ1n) is 7.73. The van der Waals surface area contributed by atoms with E-state index in [0.29, 0.717) is 0 Å². The number of hydrogen-bond acceptors (Lipinski definition) is 2. The molecule has 2 unspecified atom stereocenters. The molecule has 0 saturated carbocycles. The number of benzene rings is 1. The molecule has 0 bridgehead atoms. The maximum atomic E-state index is 11.5. The van der Waals surface area contributed by atoms with Crippen LogP contribution in [0.1, 0.15) is 63.3 Å². The van der Waals surface area contributed by atoms with E-state index < -0.39 is 0 Å². The second kappa shape index (κ2) is 12.6. The van der Waals surface area contributed by atoms with Crippen molar-refractivity contribution >= 4 is 5.97 Å². The third-order valence-electron chi connectivity index (χ3n) is 3.54. The summed E-state index contributed by atoms with van der Waals surface area (Å²) in [5.41, 5.74) is 3.96. The summed E-state index contributed by atoms with van der Waals surface area (Å²) in [5, 5.41) is 0. The second-order valence-electron chi connectivity index (χ2n) is 5.22. The Hall–Kier alpha value is 0.196. The van der Waals surface area contributed by atoms with Crippen molar-refractivity contribution < 1.29 is 60.9 Å². The number of ether oxygens (including phenoxy) is 1. The van der Waals surface area contributed by atoms with E-state index >= 15 is 0 Å². The van der Waals surface area contributed by atoms with Crippen LogP contribution in [0.2, 0.25) is 0 Å². The largest absolute Gasteiger partial charge is 1.00 e. The van der Waals surface area contributed by atoms with Gasteiger partial charge in [0.25, 0.3) is 0 Å². The molecule has 22 heavy (non-hydrogen) atoms. The Morgan fingerprint density at radius 2 is 1.68 bits per heavy atom. The summed E-state index contributed by atoms with van der Waals surface area (Å²) in [7, 11) is 0. The van der Waals surface area contributed by atoms with Crippen LogP contribution in [-0.4, -0.2) is 5.97 Å². The molecule has 1 aliphatic carbocycles. The molecular formula is C19H30KO2+. The first kappa shape index (κ1) is 24.4. The van der Waals surface area contributed by atoms with Crippen LogP contribution < -0.4 is 51.4 Å². The molecule has 3 heteroatoms. The van der Waals surface area contributed by atoms with Crippen molar-refractivity contribution in [1.82, 2.24) is 0 Å². The van der Waals surface area contributed by atoms with Crippen molar-refractivity contribution in [1.29, 1.82) is 0 Å². The molecule has 0 amide bonds. The van der Waals surface area contributed by atoms with Crippen LogP contribution >= 0.6 is 0 Å². The zero-order valence-electron chi connectivity index (χ0n) is 15.2. The summed E-state index contributed by atoms with van der Waals surface area (Å²) < 4.78 is 5.39. The molecule has 0 saturated heterocycles. The fourth-order valence-electron chi connectivity index (χ4n) is 2.36. The van der Waals surface area contributed by atoms with Crippen molar-refractivity contribution in [2.75, 3.05) is 0 Å². The summed E-state index contributed by atoms with van der Waals surface area (Å²) in [6.45, 7) is 11.4. The third kappa shape index (κ3) is 7.18. The summed E-state index contributed by atoms with van der Waals surface area (Å²) in [4.78, 5) is 11.5. The fourth-order valence-corrected chi connectivity index (χ4v) is 2.36. The van der Waals surface area contributed by atoms with Crippen LogP contribution in [0.25, 0.3) is 0 Å². The van der Waals surface area contributed by atoms with Crippen LogP contribution in [0.5, 0.6) is 0 Å². The Bertz CT molecular complexity index is 441. The third-order valence-corrected chi connectivity index (χ3v) is 3.54. The van der Waals surface area contributed by atoms with Gasteiger partial charge in [-0.25, -0.2) is 4.79 Å². The van der Waals surface area contributed by atoms with Crippen molar-refractivity contribution in [3.63, 3.8) is 0 Å². The van der Waals surface area contributed by atoms with Gasteiger partial charge in [-0.1, -0.05) is 32.0 Å². The number of esters is 1. The normalized spacial score (nSPS) is 14.7. The molecule has 118 valence electrons. The molecule has 1 aliphatic rings. The smallest absolute Gasteiger partial charge is 0.454 e. The van der Waals surface area contributed by atoms with Gasteiger partial charge in [0.05, 0.1) is 6.92 Å². The van der Waals surface area contributed by atoms with Crippen molar-refractivity contribution in [2.24, 2.45) is 5.92 Å². The summed E-state index contributed by atoms with van der Waals surface area (Å²) in [6.07, 6.45) is 4.69. The molecule has 0 heterocycles. The van der Waals surface area contributed by atoms with Gasteiger partial charge in [-0.15, -0.1) is 0 Å². The fraction of sp³-hybridized carbons (Fsp3) is 0.526. The SMILES string of the molecule is CC.[CH2+]C(C)C(=O)OC(C)c1ccc2c(c1)CCCC2.[CH3-].[K+]. The second-order valence-corrected chi connectivity index (χ2v) is 5.22. The van der Waals surface area contributed by atoms with E-state index in [4.69, 9.17) is 4.74 Å². The van der Waals surface area contributed by atoms with E-state index in [9.17, 15) is 4.79 Å². The van der Waals surface area contributed by atoms with Gasteiger partial charge in [0.2, 0.25) is 0 Å². The van der Waals surface area contributed by atoms with Gasteiger partial charge in [0, 0.05) is 0 Å². The predicted molar refractivity (Wildman–Crippen MR) is 89.9 cm³/mol. The monoisotopic (exact) mass is 329 g/mol. The molecular weight excluding hydrogens is 299 g/mol. The summed E-state index contributed by atoms with van der Waals surface area (Å²) >= 11 is 0. The number of carbonyl (C=O) groups is 1. The maximum Gasteiger partial charge on any atom is 1.00 e. The topological polar surface area (TPSA) is 26.3 Å². The van der Waals surface area contributed by atoms with Crippen LogP contribution in [0.4, 0.5) is 0 Å². The minimum Gasteiger partial charge on any atom is -0.454 e. The number of fused-ring (bicyclic) bond motifs is 1. The van der Waals surface area contributed by atoms with E-state index in [2.05, 4.69) is 25.1 Å². The minimum atomic E-state index is -0.315. The number of aryl methyl sites for hydroxylation is 2. The maximum absolute atomic E-state index is 11.5. The van der Waals surface area contributed by atoms with Gasteiger partial charge < -0.3 is 12.2 Å². The molecule has 0 radical (unpaired) electrons. The number of hydrogen-bond donors (Lipinski definition) is 0. The Morgan fingerprint density at radius 1 is 1.14 bits per heavy atom. The molecule has 2 atom stereocenters. The molecule has 2 nitrogen and oxygen atoms in total. The van der Waals surface area contributed by atoms with Crippen molar-refractivity contribution in [3.8, 4) is 0 Å². The summed E-state index contributed by atoms with van der Waals surface area (Å²) in [5.74, 6) is -0.551. The Morgan fingerprint density at radius 3 is 2.23 bits per heavy atom. The van der Waals surface area contributed by atoms with E-state index in [1.54, 1.807) is 6.92 Å². The quantitative estimate of drug-likeness (QED) is 0.482. The molecule has 0 spiro atoms. The average molecular weight is 330 g/mol. The van der Waals surface area contributed by atoms with Crippen molar-refractivity contribution in [2.45, 2.75) is 59.5 Å². The molecule has 2 rings (SSSR count). The van der Waals surface area contributed by atoms with Crippen LogP contribution in [0.15, 0.2) is 18.2 Å². The first-order valence-corrected chi connectivity index (χ1v) is 7.73. The van der Waals surface area contributed by atoms with E-state index in [1.807, 2.05) is 20.8 Å². The molecule has 0 fully saturated rings. The van der Waals surface area contributed by atoms with Crippen LogP contribution in [0, 0.1) is 20.3 Å². The van der Waals surface area contributed by atoms with Gasteiger partial charge in [0.15, 0.2) is 5.92 Å². The van der Waals surface area contributed by atoms with E-state index in [1.165, 1.54) is 30.4 Å². The Labute approximate surface area is 179 Å². The molecule has 1 aromatic carbocycles. The molecule has 0 aliphatic heterocycles. The summed E-state index contributed by atoms with van der Waals surface area (Å²) in [6, 6.07) is 6.46. The first-order chi connectivity index (χ1) is 9.58. The van der Waals surface area contributed by atoms with Crippen LogP contribution in [-0.2, 0) is 22.4 Å². The minimum absolute atomic E-state index is 0. The molecule has 0 aromatic heterocycles. The zero-order chi connectivity index (χ0) is 15.1. The zero-order valence-corrected chi connectivity index (χ0v) is 18.4. The average Bonchev–Trinajstić information content (AvgIpc) is 2.48. The van der Waals surface area contributed by atoms with Gasteiger partial charge in [-0.2, -0.15) is 0 Å². The Balaban J connectivity index is 0. The van der Waals surface area contributed by atoms with Gasteiger partial charge in [0.1, 0.15) is 6.10 Å². The standard InChI is InChI=1S/C16H21O2.C2H6.CH3.K/c1-11(2)16(17)18-12(3)14-9-8-13-6-4-5-7-15(13)10-14;1-2;;/h8-12H,1,4-7H2,2-3H3;1-2H3;1H3;/q+1;;-1;+1. The van der Waals surface area contributed by atoms with Gasteiger partial charge in [-0.3, -0.25) is 0 Å². The van der Waals surface area contributed by atoms with E-state index in [0.717, 1.165) is 12.0 Å². The van der Waals surface area contributed by atoms with E-state index in [-0.39, 0.29) is 76.8 Å². The van der Waals surface area contributed by atoms with Gasteiger partial charge in [-0.05, 0) is 56.2 Å².